The van der Waals surface area contributed by atoms with Crippen molar-refractivity contribution in [3.05, 3.63) is 33.9 Å². The van der Waals surface area contributed by atoms with Gasteiger partial charge >= 0.3 is 5.97 Å². The number of ether oxygens (including phenoxy) is 1. The highest BCUT2D eigenvalue weighted by molar-refractivity contribution is 5.97. The monoisotopic (exact) mass is 391 g/mol. The van der Waals surface area contributed by atoms with E-state index in [1.807, 2.05) is 6.92 Å². The van der Waals surface area contributed by atoms with Gasteiger partial charge in [0.05, 0.1) is 18.0 Å². The molecule has 0 bridgehead atoms. The Kier molecular flexibility index (Phi) is 4.51. The second-order valence-corrected chi connectivity index (χ2v) is 7.41. The number of anilines is 1. The first-order chi connectivity index (χ1) is 13.3. The third-order valence-corrected chi connectivity index (χ3v) is 5.48. The second-order valence-electron chi connectivity index (χ2n) is 7.41. The first-order valence-corrected chi connectivity index (χ1v) is 9.22. The van der Waals surface area contributed by atoms with Gasteiger partial charge in [0, 0.05) is 37.9 Å². The van der Waals surface area contributed by atoms with Crippen molar-refractivity contribution in [2.24, 2.45) is 0 Å². The molecule has 0 radical (unpaired) electrons. The minimum Gasteiger partial charge on any atom is -0.492 e. The van der Waals surface area contributed by atoms with Gasteiger partial charge in [0.25, 0.3) is 0 Å². The van der Waals surface area contributed by atoms with Gasteiger partial charge in [-0.05, 0) is 25.8 Å². The lowest BCUT2D eigenvalue weighted by Crippen LogP contribution is -2.50. The van der Waals surface area contributed by atoms with E-state index in [2.05, 4.69) is 0 Å². The Morgan fingerprint density at radius 1 is 1.32 bits per heavy atom. The summed E-state index contributed by atoms with van der Waals surface area (Å²) in [5.41, 5.74) is -0.463. The summed E-state index contributed by atoms with van der Waals surface area (Å²) in [7, 11) is 1.41. The van der Waals surface area contributed by atoms with Crippen molar-refractivity contribution in [2.45, 2.75) is 31.8 Å². The summed E-state index contributed by atoms with van der Waals surface area (Å²) in [4.78, 5) is 26.0. The Balaban J connectivity index is 1.99. The number of hydrogen-bond donors (Lipinski definition) is 2. The normalized spacial score (nSPS) is 20.6. The predicted octanol–water partition coefficient (Wildman–Crippen LogP) is 2.08. The molecular formula is C19H22FN3O5. The summed E-state index contributed by atoms with van der Waals surface area (Å²) < 4.78 is 22.4. The van der Waals surface area contributed by atoms with Gasteiger partial charge < -0.3 is 24.5 Å². The molecule has 2 aliphatic rings. The zero-order valence-electron chi connectivity index (χ0n) is 15.7. The van der Waals surface area contributed by atoms with E-state index in [1.54, 1.807) is 9.47 Å². The second kappa shape index (κ2) is 6.75. The Hall–Kier alpha value is -2.65. The van der Waals surface area contributed by atoms with Gasteiger partial charge in [-0.1, -0.05) is 0 Å². The van der Waals surface area contributed by atoms with E-state index in [9.17, 15) is 19.9 Å². The molecule has 1 atom stereocenters. The van der Waals surface area contributed by atoms with Crippen molar-refractivity contribution in [1.82, 2.24) is 9.63 Å². The van der Waals surface area contributed by atoms with Gasteiger partial charge in [0.1, 0.15) is 11.3 Å². The zero-order chi connectivity index (χ0) is 20.2. The van der Waals surface area contributed by atoms with E-state index >= 15 is 4.39 Å². The number of hydroxylamine groups is 2. The summed E-state index contributed by atoms with van der Waals surface area (Å²) in [6.07, 6.45) is 3.05. The maximum Gasteiger partial charge on any atom is 0.341 e. The predicted molar refractivity (Wildman–Crippen MR) is 100 cm³/mol. The van der Waals surface area contributed by atoms with Crippen LogP contribution in [0.3, 0.4) is 0 Å². The average molecular weight is 391 g/mol. The third-order valence-electron chi connectivity index (χ3n) is 5.48. The fraction of sp³-hybridized carbons (Fsp3) is 0.474. The summed E-state index contributed by atoms with van der Waals surface area (Å²) in [6, 6.07) is 0.965. The molecule has 1 aromatic heterocycles. The van der Waals surface area contributed by atoms with Gasteiger partial charge in [-0.15, -0.1) is 0 Å². The van der Waals surface area contributed by atoms with Gasteiger partial charge in [-0.3, -0.25) is 4.79 Å². The van der Waals surface area contributed by atoms with E-state index in [4.69, 9.17) is 4.74 Å². The average Bonchev–Trinajstić information content (AvgIpc) is 3.48. The third kappa shape index (κ3) is 2.91. The first-order valence-electron chi connectivity index (χ1n) is 9.22. The number of piperazine rings is 1. The SMILES string of the molecule is COc1c(N2CCN(O)C(C)C2)c(F)cc2c(=O)c(C(=O)O)cn(C3CC3)c12. The van der Waals surface area contributed by atoms with Crippen LogP contribution in [0, 0.1) is 5.82 Å². The molecule has 4 rings (SSSR count). The maximum absolute atomic E-state index is 15.1. The number of aromatic nitrogens is 1. The number of rotatable bonds is 4. The number of aromatic carboxylic acids is 1. The van der Waals surface area contributed by atoms with Crippen molar-refractivity contribution in [1.29, 1.82) is 0 Å². The van der Waals surface area contributed by atoms with E-state index in [-0.39, 0.29) is 34.5 Å². The van der Waals surface area contributed by atoms with Crippen molar-refractivity contribution < 1.29 is 24.2 Å². The Bertz CT molecular complexity index is 1020. The van der Waals surface area contributed by atoms with Crippen LogP contribution < -0.4 is 15.1 Å². The van der Waals surface area contributed by atoms with Crippen molar-refractivity contribution in [3.8, 4) is 5.75 Å². The number of halogens is 1. The van der Waals surface area contributed by atoms with Gasteiger partial charge in [0.2, 0.25) is 5.43 Å². The molecule has 0 spiro atoms. The molecule has 2 aromatic rings. The molecule has 150 valence electrons. The standard InChI is InChI=1S/C19H22FN3O5/c1-10-8-21(5-6-23(10)27)16-14(20)7-12-15(18(16)28-2)22(11-3-4-11)9-13(17(12)24)19(25)26/h7,9-11,27H,3-6,8H2,1-2H3,(H,25,26). The van der Waals surface area contributed by atoms with Crippen LogP contribution in [0.15, 0.2) is 17.1 Å². The first kappa shape index (κ1) is 18.7. The lowest BCUT2D eigenvalue weighted by atomic mass is 10.1. The molecule has 1 aliphatic heterocycles. The molecule has 2 fully saturated rings. The topological polar surface area (TPSA) is 95.2 Å². The number of hydrogen-bond acceptors (Lipinski definition) is 6. The summed E-state index contributed by atoms with van der Waals surface area (Å²) in [5, 5.41) is 20.4. The quantitative estimate of drug-likeness (QED) is 0.824. The molecule has 1 saturated heterocycles. The molecule has 1 aliphatic carbocycles. The summed E-state index contributed by atoms with van der Waals surface area (Å²) >= 11 is 0. The lowest BCUT2D eigenvalue weighted by molar-refractivity contribution is -0.125. The molecule has 9 heteroatoms. The van der Waals surface area contributed by atoms with Crippen LogP contribution in [0.1, 0.15) is 36.2 Å². The van der Waals surface area contributed by atoms with Crippen LogP contribution in [0.2, 0.25) is 0 Å². The Morgan fingerprint density at radius 2 is 2.04 bits per heavy atom. The zero-order valence-corrected chi connectivity index (χ0v) is 15.7. The van der Waals surface area contributed by atoms with Crippen LogP contribution in [0.4, 0.5) is 10.1 Å². The Morgan fingerprint density at radius 3 is 2.61 bits per heavy atom. The minimum atomic E-state index is -1.34. The number of methoxy groups -OCH3 is 1. The van der Waals surface area contributed by atoms with E-state index in [1.165, 1.54) is 18.4 Å². The van der Waals surface area contributed by atoms with Crippen LogP contribution in [-0.2, 0) is 0 Å². The number of nitrogens with zero attached hydrogens (tertiary/aromatic N) is 3. The van der Waals surface area contributed by atoms with E-state index < -0.39 is 17.2 Å². The van der Waals surface area contributed by atoms with Gasteiger partial charge in [-0.2, -0.15) is 5.06 Å². The van der Waals surface area contributed by atoms with Gasteiger partial charge in [0.15, 0.2) is 11.6 Å². The van der Waals surface area contributed by atoms with Crippen molar-refractivity contribution in [2.75, 3.05) is 31.6 Å². The van der Waals surface area contributed by atoms with E-state index in [0.29, 0.717) is 25.2 Å². The molecule has 1 aromatic carbocycles. The largest absolute Gasteiger partial charge is 0.492 e. The van der Waals surface area contributed by atoms with Crippen LogP contribution >= 0.6 is 0 Å². The molecule has 1 unspecified atom stereocenters. The number of benzene rings is 1. The number of fused-ring (bicyclic) bond motifs is 1. The molecule has 2 heterocycles. The number of pyridine rings is 1. The lowest BCUT2D eigenvalue weighted by Gasteiger charge is -2.38. The highest BCUT2D eigenvalue weighted by Gasteiger charge is 2.33. The Labute approximate surface area is 160 Å². The molecule has 28 heavy (non-hydrogen) atoms. The highest BCUT2D eigenvalue weighted by atomic mass is 19.1. The smallest absolute Gasteiger partial charge is 0.341 e. The number of carboxylic acid groups (broad SMARTS) is 1. The number of carboxylic acids is 1. The maximum atomic E-state index is 15.1. The van der Waals surface area contributed by atoms with Crippen LogP contribution in [-0.4, -0.2) is 58.7 Å². The molecule has 8 nitrogen and oxygen atoms in total. The molecule has 2 N–H and O–H groups in total. The van der Waals surface area contributed by atoms with Gasteiger partial charge in [-0.25, -0.2) is 9.18 Å². The minimum absolute atomic E-state index is 0.00116. The molecule has 0 amide bonds. The summed E-state index contributed by atoms with van der Waals surface area (Å²) in [5.74, 6) is -1.77. The van der Waals surface area contributed by atoms with Crippen LogP contribution in [0.25, 0.3) is 10.9 Å². The molecular weight excluding hydrogens is 369 g/mol. The van der Waals surface area contributed by atoms with Crippen molar-refractivity contribution in [3.63, 3.8) is 0 Å². The summed E-state index contributed by atoms with van der Waals surface area (Å²) in [6.45, 7) is 2.95. The fourth-order valence-electron chi connectivity index (χ4n) is 3.88. The fourth-order valence-corrected chi connectivity index (χ4v) is 3.88. The molecule has 1 saturated carbocycles. The van der Waals surface area contributed by atoms with E-state index in [0.717, 1.165) is 18.9 Å². The van der Waals surface area contributed by atoms with Crippen LogP contribution in [0.5, 0.6) is 5.75 Å². The number of carbonyl (C=O) groups is 1. The highest BCUT2D eigenvalue weighted by Crippen LogP contribution is 2.43. The van der Waals surface area contributed by atoms with Crippen molar-refractivity contribution >= 4 is 22.6 Å².